The summed E-state index contributed by atoms with van der Waals surface area (Å²) in [6, 6.07) is 2.06. The van der Waals surface area contributed by atoms with Crippen molar-refractivity contribution in [2.45, 2.75) is 19.9 Å². The minimum Gasteiger partial charge on any atom is -0.370 e. The molecule has 3 rings (SSSR count). The van der Waals surface area contributed by atoms with Gasteiger partial charge in [-0.15, -0.1) is 0 Å². The zero-order valence-electron chi connectivity index (χ0n) is 11.8. The third kappa shape index (κ3) is 3.15. The molecular formula is C13H22N4O2S. The molecule has 1 saturated heterocycles. The Morgan fingerprint density at radius 2 is 2.25 bits per heavy atom. The maximum Gasteiger partial charge on any atom is 0.150 e. The number of hydrogen-bond acceptors (Lipinski definition) is 5. The van der Waals surface area contributed by atoms with E-state index in [0.717, 1.165) is 44.1 Å². The molecule has 2 atom stereocenters. The number of nitrogens with zero attached hydrogens (tertiary/aromatic N) is 2. The largest absolute Gasteiger partial charge is 0.370 e. The van der Waals surface area contributed by atoms with E-state index < -0.39 is 9.84 Å². The molecule has 0 spiro atoms. The summed E-state index contributed by atoms with van der Waals surface area (Å²) in [6.07, 6.45) is 0.806. The summed E-state index contributed by atoms with van der Waals surface area (Å²) in [5.41, 5.74) is 1.04. The monoisotopic (exact) mass is 298 g/mol. The molecule has 1 aromatic heterocycles. The molecule has 0 amide bonds. The highest BCUT2D eigenvalue weighted by Crippen LogP contribution is 2.19. The Hall–Kier alpha value is -1.08. The van der Waals surface area contributed by atoms with Crippen LogP contribution in [0.15, 0.2) is 6.07 Å². The van der Waals surface area contributed by atoms with E-state index in [1.165, 1.54) is 0 Å². The quantitative estimate of drug-likeness (QED) is 0.834. The molecule has 2 aliphatic heterocycles. The van der Waals surface area contributed by atoms with Gasteiger partial charge in [-0.05, 0) is 25.8 Å². The highest BCUT2D eigenvalue weighted by molar-refractivity contribution is 7.91. The average molecular weight is 298 g/mol. The number of fused-ring (bicyclic) bond motifs is 1. The van der Waals surface area contributed by atoms with E-state index in [1.54, 1.807) is 0 Å². The molecule has 0 bridgehead atoms. The van der Waals surface area contributed by atoms with Crippen LogP contribution in [-0.2, 0) is 16.4 Å². The van der Waals surface area contributed by atoms with Gasteiger partial charge < -0.3 is 10.6 Å². The van der Waals surface area contributed by atoms with Gasteiger partial charge in [0.05, 0.1) is 17.2 Å². The Bertz CT molecular complexity index is 581. The molecule has 1 fully saturated rings. The summed E-state index contributed by atoms with van der Waals surface area (Å²) in [5, 5.41) is 11.3. The molecule has 2 aliphatic rings. The lowest BCUT2D eigenvalue weighted by molar-refractivity contribution is 0.379. The van der Waals surface area contributed by atoms with E-state index in [0.29, 0.717) is 23.3 Å². The Kier molecular flexibility index (Phi) is 3.72. The minimum atomic E-state index is -2.75. The lowest BCUT2D eigenvalue weighted by Gasteiger charge is -2.25. The molecule has 2 unspecified atom stereocenters. The summed E-state index contributed by atoms with van der Waals surface area (Å²) >= 11 is 0. The van der Waals surface area contributed by atoms with Gasteiger partial charge in [0.15, 0.2) is 9.84 Å². The molecule has 0 saturated carbocycles. The second kappa shape index (κ2) is 5.37. The first-order chi connectivity index (χ1) is 9.52. The molecule has 7 heteroatoms. The van der Waals surface area contributed by atoms with Crippen molar-refractivity contribution in [1.29, 1.82) is 0 Å². The van der Waals surface area contributed by atoms with Gasteiger partial charge in [-0.1, -0.05) is 0 Å². The van der Waals surface area contributed by atoms with Crippen molar-refractivity contribution in [2.24, 2.45) is 11.8 Å². The Balaban J connectivity index is 1.44. The van der Waals surface area contributed by atoms with Crippen LogP contribution < -0.4 is 10.6 Å². The van der Waals surface area contributed by atoms with E-state index in [1.807, 2.05) is 11.6 Å². The Morgan fingerprint density at radius 1 is 1.45 bits per heavy atom. The van der Waals surface area contributed by atoms with Crippen molar-refractivity contribution in [3.63, 3.8) is 0 Å². The number of anilines is 1. The standard InChI is InChI=1S/C13H22N4O2S/c1-10-4-13-15-7-12(8-17(13)16-10)6-14-5-11-2-3-20(18,19)9-11/h4,11-12,14-15H,2-3,5-9H2,1H3. The fraction of sp³-hybridized carbons (Fsp3) is 0.769. The highest BCUT2D eigenvalue weighted by atomic mass is 32.2. The van der Waals surface area contributed by atoms with E-state index in [4.69, 9.17) is 0 Å². The van der Waals surface area contributed by atoms with Gasteiger partial charge in [0.2, 0.25) is 0 Å². The number of sulfone groups is 1. The summed E-state index contributed by atoms with van der Waals surface area (Å²) < 4.78 is 24.8. The molecule has 3 heterocycles. The van der Waals surface area contributed by atoms with E-state index in [2.05, 4.69) is 21.8 Å². The van der Waals surface area contributed by atoms with Crippen molar-refractivity contribution in [3.8, 4) is 0 Å². The van der Waals surface area contributed by atoms with Crippen LogP contribution in [0.1, 0.15) is 12.1 Å². The molecule has 2 N–H and O–H groups in total. The van der Waals surface area contributed by atoms with Crippen molar-refractivity contribution < 1.29 is 8.42 Å². The van der Waals surface area contributed by atoms with Gasteiger partial charge in [0.25, 0.3) is 0 Å². The van der Waals surface area contributed by atoms with Crippen LogP contribution in [0.3, 0.4) is 0 Å². The molecule has 1 aromatic rings. The number of rotatable bonds is 4. The fourth-order valence-electron chi connectivity index (χ4n) is 3.05. The van der Waals surface area contributed by atoms with E-state index in [9.17, 15) is 8.42 Å². The first-order valence-electron chi connectivity index (χ1n) is 7.21. The second-order valence-corrected chi connectivity index (χ2v) is 8.26. The normalized spacial score (nSPS) is 28.1. The van der Waals surface area contributed by atoms with Crippen LogP contribution in [0.2, 0.25) is 0 Å². The SMILES string of the molecule is Cc1cc2n(n1)CC(CNCC1CCS(=O)(=O)C1)CN2. The summed E-state index contributed by atoms with van der Waals surface area (Å²) in [6.45, 7) is 5.58. The number of hydrogen-bond donors (Lipinski definition) is 2. The molecule has 0 aliphatic carbocycles. The molecule has 6 nitrogen and oxygen atoms in total. The van der Waals surface area contributed by atoms with Gasteiger partial charge in [-0.2, -0.15) is 5.10 Å². The van der Waals surface area contributed by atoms with Crippen molar-refractivity contribution in [3.05, 3.63) is 11.8 Å². The van der Waals surface area contributed by atoms with E-state index in [-0.39, 0.29) is 0 Å². The topological polar surface area (TPSA) is 76.0 Å². The predicted molar refractivity (Wildman–Crippen MR) is 78.6 cm³/mol. The maximum atomic E-state index is 11.4. The minimum absolute atomic E-state index is 0.291. The van der Waals surface area contributed by atoms with Crippen LogP contribution >= 0.6 is 0 Å². The van der Waals surface area contributed by atoms with Crippen LogP contribution in [-0.4, -0.2) is 49.3 Å². The zero-order chi connectivity index (χ0) is 14.2. The molecule has 112 valence electrons. The summed E-state index contributed by atoms with van der Waals surface area (Å²) in [7, 11) is -2.75. The van der Waals surface area contributed by atoms with Crippen molar-refractivity contribution in [2.75, 3.05) is 36.5 Å². The van der Waals surface area contributed by atoms with Crippen LogP contribution in [0.25, 0.3) is 0 Å². The third-order valence-electron chi connectivity index (χ3n) is 4.10. The molecular weight excluding hydrogens is 276 g/mol. The fourth-order valence-corrected chi connectivity index (χ4v) is 4.91. The first-order valence-corrected chi connectivity index (χ1v) is 9.03. The number of aryl methyl sites for hydroxylation is 1. The average Bonchev–Trinajstić information content (AvgIpc) is 2.90. The van der Waals surface area contributed by atoms with Crippen LogP contribution in [0, 0.1) is 18.8 Å². The predicted octanol–water partition coefficient (Wildman–Crippen LogP) is 0.258. The van der Waals surface area contributed by atoms with Gasteiger partial charge in [0, 0.05) is 31.6 Å². The van der Waals surface area contributed by atoms with Crippen LogP contribution in [0.5, 0.6) is 0 Å². The van der Waals surface area contributed by atoms with Crippen molar-refractivity contribution in [1.82, 2.24) is 15.1 Å². The zero-order valence-corrected chi connectivity index (χ0v) is 12.6. The Morgan fingerprint density at radius 3 is 3.00 bits per heavy atom. The summed E-state index contributed by atoms with van der Waals surface area (Å²) in [5.74, 6) is 2.60. The highest BCUT2D eigenvalue weighted by Gasteiger charge is 2.27. The first kappa shape index (κ1) is 13.9. The maximum absolute atomic E-state index is 11.4. The number of aromatic nitrogens is 2. The third-order valence-corrected chi connectivity index (χ3v) is 5.93. The van der Waals surface area contributed by atoms with Gasteiger partial charge in [-0.25, -0.2) is 13.1 Å². The molecule has 20 heavy (non-hydrogen) atoms. The van der Waals surface area contributed by atoms with Gasteiger partial charge in [-0.3, -0.25) is 0 Å². The van der Waals surface area contributed by atoms with Gasteiger partial charge >= 0.3 is 0 Å². The smallest absolute Gasteiger partial charge is 0.150 e. The lowest BCUT2D eigenvalue weighted by Crippen LogP contribution is -2.37. The number of nitrogens with one attached hydrogen (secondary N) is 2. The Labute approximate surface area is 119 Å². The van der Waals surface area contributed by atoms with E-state index >= 15 is 0 Å². The summed E-state index contributed by atoms with van der Waals surface area (Å²) in [4.78, 5) is 0. The van der Waals surface area contributed by atoms with Gasteiger partial charge in [0.1, 0.15) is 5.82 Å². The van der Waals surface area contributed by atoms with Crippen molar-refractivity contribution >= 4 is 15.7 Å². The van der Waals surface area contributed by atoms with Crippen LogP contribution in [0.4, 0.5) is 5.82 Å². The molecule has 0 aromatic carbocycles. The second-order valence-electron chi connectivity index (χ2n) is 6.03. The molecule has 0 radical (unpaired) electrons. The lowest BCUT2D eigenvalue weighted by atomic mass is 10.1.